The molecule has 3 heteroatoms. The zero-order chi connectivity index (χ0) is 8.39. The molecule has 1 fully saturated rings. The van der Waals surface area contributed by atoms with Crippen LogP contribution in [0.15, 0.2) is 22.8 Å². The monoisotopic (exact) mass is 165 g/mol. The first kappa shape index (κ1) is 7.40. The van der Waals surface area contributed by atoms with E-state index in [-0.39, 0.29) is 5.91 Å². The highest BCUT2D eigenvalue weighted by Gasteiger charge is 2.23. The summed E-state index contributed by atoms with van der Waals surface area (Å²) in [6, 6.07) is 4.04. The third-order valence-corrected chi connectivity index (χ3v) is 1.86. The minimum Gasteiger partial charge on any atom is -0.469 e. The van der Waals surface area contributed by atoms with E-state index in [4.69, 9.17) is 4.42 Å². The number of hydrogen-bond donors (Lipinski definition) is 1. The van der Waals surface area contributed by atoms with Crippen molar-refractivity contribution in [3.63, 3.8) is 0 Å². The predicted molar refractivity (Wildman–Crippen MR) is 43.6 cm³/mol. The van der Waals surface area contributed by atoms with Crippen LogP contribution in [0.5, 0.6) is 0 Å². The Balaban J connectivity index is 1.82. The Labute approximate surface area is 70.8 Å². The van der Waals surface area contributed by atoms with Crippen LogP contribution in [-0.2, 0) is 11.2 Å². The second-order valence-corrected chi connectivity index (χ2v) is 3.10. The number of hydrogen-bond acceptors (Lipinski definition) is 2. The van der Waals surface area contributed by atoms with E-state index in [0.29, 0.717) is 12.5 Å². The molecule has 1 saturated carbocycles. The Hall–Kier alpha value is -1.25. The van der Waals surface area contributed by atoms with Crippen LogP contribution >= 0.6 is 0 Å². The third kappa shape index (κ3) is 1.87. The van der Waals surface area contributed by atoms with Gasteiger partial charge in [-0.15, -0.1) is 0 Å². The van der Waals surface area contributed by atoms with E-state index < -0.39 is 0 Å². The second kappa shape index (κ2) is 3.01. The van der Waals surface area contributed by atoms with Gasteiger partial charge in [-0.2, -0.15) is 0 Å². The molecule has 0 bridgehead atoms. The van der Waals surface area contributed by atoms with Crippen molar-refractivity contribution < 1.29 is 9.21 Å². The molecule has 1 aromatic heterocycles. The van der Waals surface area contributed by atoms with Crippen LogP contribution in [0, 0.1) is 0 Å². The van der Waals surface area contributed by atoms with Gasteiger partial charge < -0.3 is 9.73 Å². The van der Waals surface area contributed by atoms with Crippen LogP contribution in [0.2, 0.25) is 0 Å². The highest BCUT2D eigenvalue weighted by Crippen LogP contribution is 2.18. The molecule has 1 heterocycles. The Kier molecular flexibility index (Phi) is 1.86. The molecule has 1 aliphatic carbocycles. The molecular weight excluding hydrogens is 154 g/mol. The lowest BCUT2D eigenvalue weighted by atomic mass is 10.3. The smallest absolute Gasteiger partial charge is 0.227 e. The quantitative estimate of drug-likeness (QED) is 0.728. The fourth-order valence-electron chi connectivity index (χ4n) is 1.08. The lowest BCUT2D eigenvalue weighted by molar-refractivity contribution is -0.120. The highest BCUT2D eigenvalue weighted by atomic mass is 16.3. The van der Waals surface area contributed by atoms with Gasteiger partial charge in [-0.3, -0.25) is 4.79 Å². The number of nitrogens with one attached hydrogen (secondary N) is 1. The third-order valence-electron chi connectivity index (χ3n) is 1.86. The van der Waals surface area contributed by atoms with Crippen LogP contribution in [0.4, 0.5) is 0 Å². The van der Waals surface area contributed by atoms with E-state index in [1.54, 1.807) is 12.3 Å². The summed E-state index contributed by atoms with van der Waals surface area (Å²) >= 11 is 0. The molecule has 0 unspecified atom stereocenters. The summed E-state index contributed by atoms with van der Waals surface area (Å²) in [4.78, 5) is 11.2. The molecule has 0 spiro atoms. The summed E-state index contributed by atoms with van der Waals surface area (Å²) in [5, 5.41) is 2.89. The molecule has 0 aliphatic heterocycles. The molecule has 0 radical (unpaired) electrons. The van der Waals surface area contributed by atoms with Gasteiger partial charge in [0.25, 0.3) is 0 Å². The number of amides is 1. The summed E-state index contributed by atoms with van der Waals surface area (Å²) < 4.78 is 5.05. The van der Waals surface area contributed by atoms with Crippen LogP contribution in [0.1, 0.15) is 18.6 Å². The van der Waals surface area contributed by atoms with E-state index in [0.717, 1.165) is 18.6 Å². The van der Waals surface area contributed by atoms with Crippen molar-refractivity contribution in [2.75, 3.05) is 0 Å². The zero-order valence-electron chi connectivity index (χ0n) is 6.75. The molecule has 0 saturated heterocycles. The maximum absolute atomic E-state index is 11.2. The van der Waals surface area contributed by atoms with E-state index >= 15 is 0 Å². The van der Waals surface area contributed by atoms with Gasteiger partial charge in [0.15, 0.2) is 0 Å². The lowest BCUT2D eigenvalue weighted by Crippen LogP contribution is -2.26. The normalized spacial score (nSPS) is 16.0. The molecule has 2 rings (SSSR count). The summed E-state index contributed by atoms with van der Waals surface area (Å²) in [6.45, 7) is 0. The second-order valence-electron chi connectivity index (χ2n) is 3.10. The van der Waals surface area contributed by atoms with Crippen LogP contribution in [0.3, 0.4) is 0 Å². The van der Waals surface area contributed by atoms with Gasteiger partial charge in [-0.1, -0.05) is 0 Å². The molecule has 64 valence electrons. The molecule has 0 atom stereocenters. The van der Waals surface area contributed by atoms with Crippen LogP contribution in [-0.4, -0.2) is 11.9 Å². The van der Waals surface area contributed by atoms with E-state index in [1.165, 1.54) is 0 Å². The Bertz CT molecular complexity index is 262. The average Bonchev–Trinajstić information content (AvgIpc) is 2.66. The first-order valence-corrected chi connectivity index (χ1v) is 4.16. The fraction of sp³-hybridized carbons (Fsp3) is 0.444. The molecule has 12 heavy (non-hydrogen) atoms. The van der Waals surface area contributed by atoms with Crippen molar-refractivity contribution in [2.45, 2.75) is 25.3 Å². The van der Waals surface area contributed by atoms with E-state index in [2.05, 4.69) is 5.32 Å². The zero-order valence-corrected chi connectivity index (χ0v) is 6.75. The molecule has 1 amide bonds. The van der Waals surface area contributed by atoms with Gasteiger partial charge in [0, 0.05) is 6.04 Å². The van der Waals surface area contributed by atoms with Crippen molar-refractivity contribution in [1.82, 2.24) is 5.32 Å². The van der Waals surface area contributed by atoms with Crippen molar-refractivity contribution in [1.29, 1.82) is 0 Å². The lowest BCUT2D eigenvalue weighted by Gasteiger charge is -1.99. The standard InChI is InChI=1S/C9H11NO2/c11-9(10-7-3-4-7)6-8-2-1-5-12-8/h1-2,5,7H,3-4,6H2,(H,10,11). The Morgan fingerprint density at radius 2 is 2.50 bits per heavy atom. The first-order chi connectivity index (χ1) is 5.84. The molecular formula is C9H11NO2. The molecule has 3 nitrogen and oxygen atoms in total. The summed E-state index contributed by atoms with van der Waals surface area (Å²) in [5.74, 6) is 0.792. The topological polar surface area (TPSA) is 42.2 Å². The van der Waals surface area contributed by atoms with Gasteiger partial charge >= 0.3 is 0 Å². The fourth-order valence-corrected chi connectivity index (χ4v) is 1.08. The first-order valence-electron chi connectivity index (χ1n) is 4.16. The Morgan fingerprint density at radius 1 is 1.67 bits per heavy atom. The minimum absolute atomic E-state index is 0.0625. The molecule has 1 aromatic rings. The number of rotatable bonds is 3. The van der Waals surface area contributed by atoms with Gasteiger partial charge in [-0.25, -0.2) is 0 Å². The summed E-state index contributed by atoms with van der Waals surface area (Å²) in [6.07, 6.45) is 4.21. The highest BCUT2D eigenvalue weighted by molar-refractivity contribution is 5.78. The van der Waals surface area contributed by atoms with Crippen molar-refractivity contribution in [3.05, 3.63) is 24.2 Å². The van der Waals surface area contributed by atoms with Crippen molar-refractivity contribution in [2.24, 2.45) is 0 Å². The number of carbonyl (C=O) groups excluding carboxylic acids is 1. The number of carbonyl (C=O) groups is 1. The minimum atomic E-state index is 0.0625. The van der Waals surface area contributed by atoms with Gasteiger partial charge in [-0.05, 0) is 25.0 Å². The largest absolute Gasteiger partial charge is 0.469 e. The Morgan fingerprint density at radius 3 is 3.08 bits per heavy atom. The molecule has 0 aromatic carbocycles. The molecule has 1 aliphatic rings. The van der Waals surface area contributed by atoms with E-state index in [9.17, 15) is 4.79 Å². The summed E-state index contributed by atoms with van der Waals surface area (Å²) in [7, 11) is 0. The number of furan rings is 1. The van der Waals surface area contributed by atoms with Crippen molar-refractivity contribution in [3.8, 4) is 0 Å². The van der Waals surface area contributed by atoms with Gasteiger partial charge in [0.05, 0.1) is 12.7 Å². The van der Waals surface area contributed by atoms with Crippen molar-refractivity contribution >= 4 is 5.91 Å². The van der Waals surface area contributed by atoms with Crippen LogP contribution in [0.25, 0.3) is 0 Å². The molecule has 1 N–H and O–H groups in total. The SMILES string of the molecule is O=C(Cc1ccco1)NC1CC1. The van der Waals surface area contributed by atoms with Gasteiger partial charge in [0.1, 0.15) is 5.76 Å². The summed E-state index contributed by atoms with van der Waals surface area (Å²) in [5.41, 5.74) is 0. The van der Waals surface area contributed by atoms with E-state index in [1.807, 2.05) is 6.07 Å². The predicted octanol–water partition coefficient (Wildman–Crippen LogP) is 1.10. The van der Waals surface area contributed by atoms with Crippen LogP contribution < -0.4 is 5.32 Å². The van der Waals surface area contributed by atoms with Gasteiger partial charge in [0.2, 0.25) is 5.91 Å². The maximum atomic E-state index is 11.2. The maximum Gasteiger partial charge on any atom is 0.227 e. The average molecular weight is 165 g/mol.